The summed E-state index contributed by atoms with van der Waals surface area (Å²) in [6, 6.07) is 13.3. The molecule has 0 atom stereocenters. The third kappa shape index (κ3) is 4.74. The van der Waals surface area contributed by atoms with Gasteiger partial charge < -0.3 is 15.5 Å². The highest BCUT2D eigenvalue weighted by atomic mass is 16.3. The maximum Gasteiger partial charge on any atom is 0.251 e. The van der Waals surface area contributed by atoms with Crippen LogP contribution in [0.25, 0.3) is 11.1 Å². The number of aliphatic hydroxyl groups excluding tert-OH is 2. The van der Waals surface area contributed by atoms with Crippen molar-refractivity contribution in [2.75, 3.05) is 13.2 Å². The molecule has 0 bridgehead atoms. The van der Waals surface area contributed by atoms with Gasteiger partial charge in [-0.25, -0.2) is 0 Å². The number of aliphatic hydroxyl groups is 2. The molecule has 0 spiro atoms. The van der Waals surface area contributed by atoms with E-state index < -0.39 is 5.54 Å². The van der Waals surface area contributed by atoms with Gasteiger partial charge in [0, 0.05) is 17.4 Å². The molecule has 1 aliphatic rings. The number of nitrogens with one attached hydrogen (secondary N) is 1. The molecule has 2 aromatic carbocycles. The fourth-order valence-electron chi connectivity index (χ4n) is 3.23. The van der Waals surface area contributed by atoms with Crippen LogP contribution in [-0.2, 0) is 11.2 Å². The summed E-state index contributed by atoms with van der Waals surface area (Å²) in [5, 5.41) is 21.4. The predicted octanol–water partition coefficient (Wildman–Crippen LogP) is 3.05. The van der Waals surface area contributed by atoms with Crippen LogP contribution in [0.1, 0.15) is 48.2 Å². The molecule has 1 aliphatic carbocycles. The van der Waals surface area contributed by atoms with E-state index in [4.69, 9.17) is 0 Å². The van der Waals surface area contributed by atoms with Gasteiger partial charge in [0.1, 0.15) is 5.78 Å². The van der Waals surface area contributed by atoms with Gasteiger partial charge in [-0.15, -0.1) is 0 Å². The molecule has 1 saturated carbocycles. The zero-order valence-electron chi connectivity index (χ0n) is 17.3. The molecule has 0 aliphatic heterocycles. The first-order chi connectivity index (χ1) is 13.7. The quantitative estimate of drug-likeness (QED) is 0.641. The minimum absolute atomic E-state index is 0.127. The predicted molar refractivity (Wildman–Crippen MR) is 113 cm³/mol. The Labute approximate surface area is 171 Å². The van der Waals surface area contributed by atoms with Crippen LogP contribution in [0.5, 0.6) is 0 Å². The smallest absolute Gasteiger partial charge is 0.251 e. The lowest BCUT2D eigenvalue weighted by Gasteiger charge is -2.26. The fourth-order valence-corrected chi connectivity index (χ4v) is 3.23. The van der Waals surface area contributed by atoms with E-state index in [1.54, 1.807) is 19.1 Å². The molecule has 0 unspecified atom stereocenters. The Balaban J connectivity index is 1.78. The Kier molecular flexibility index (Phi) is 5.92. The van der Waals surface area contributed by atoms with E-state index in [9.17, 15) is 19.8 Å². The maximum atomic E-state index is 12.4. The average Bonchev–Trinajstić information content (AvgIpc) is 3.48. The van der Waals surface area contributed by atoms with Gasteiger partial charge in [0.15, 0.2) is 0 Å². The summed E-state index contributed by atoms with van der Waals surface area (Å²) in [7, 11) is 0. The second-order valence-corrected chi connectivity index (χ2v) is 8.72. The fraction of sp³-hybridized carbons (Fsp3) is 0.417. The van der Waals surface area contributed by atoms with Crippen molar-refractivity contribution in [2.45, 2.75) is 45.6 Å². The monoisotopic (exact) mass is 395 g/mol. The molecule has 0 heterocycles. The van der Waals surface area contributed by atoms with Crippen molar-refractivity contribution in [1.82, 2.24) is 5.32 Å². The standard InChI is InChI=1S/C24H29NO4/c1-16-4-5-17(13-21(28)23(2)10-11-23)12-20(16)18-6-8-19(9-7-18)22(29)25-24(3,14-26)15-27/h4-9,12,26-27H,10-11,13-15H2,1-3H3,(H,25,29). The van der Waals surface area contributed by atoms with E-state index in [2.05, 4.69) is 11.4 Å². The minimum atomic E-state index is -1.06. The molecular weight excluding hydrogens is 366 g/mol. The van der Waals surface area contributed by atoms with Crippen molar-refractivity contribution < 1.29 is 19.8 Å². The molecule has 1 amide bonds. The summed E-state index contributed by atoms with van der Waals surface area (Å²) in [6.45, 7) is 4.94. The molecule has 0 saturated heterocycles. The summed E-state index contributed by atoms with van der Waals surface area (Å²) in [6.07, 6.45) is 2.42. The van der Waals surface area contributed by atoms with Gasteiger partial charge >= 0.3 is 0 Å². The molecule has 5 heteroatoms. The summed E-state index contributed by atoms with van der Waals surface area (Å²) in [5.41, 5.74) is 3.38. The zero-order chi connectivity index (χ0) is 21.2. The number of hydrogen-bond acceptors (Lipinski definition) is 4. The highest BCUT2D eigenvalue weighted by molar-refractivity contribution is 5.95. The van der Waals surface area contributed by atoms with Crippen LogP contribution in [0.2, 0.25) is 0 Å². The molecule has 3 N–H and O–H groups in total. The number of amides is 1. The highest BCUT2D eigenvalue weighted by Gasteiger charge is 2.43. The number of rotatable bonds is 8. The van der Waals surface area contributed by atoms with Gasteiger partial charge in [-0.05, 0) is 61.1 Å². The molecule has 3 rings (SSSR count). The molecule has 1 fully saturated rings. The molecule has 154 valence electrons. The van der Waals surface area contributed by atoms with E-state index in [-0.39, 0.29) is 24.5 Å². The maximum absolute atomic E-state index is 12.4. The van der Waals surface area contributed by atoms with Crippen molar-refractivity contribution in [3.8, 4) is 11.1 Å². The summed E-state index contributed by atoms with van der Waals surface area (Å²) < 4.78 is 0. The Bertz CT molecular complexity index is 909. The Morgan fingerprint density at radius 2 is 1.69 bits per heavy atom. The van der Waals surface area contributed by atoms with Crippen LogP contribution in [0.15, 0.2) is 42.5 Å². The first-order valence-electron chi connectivity index (χ1n) is 9.97. The third-order valence-corrected chi connectivity index (χ3v) is 5.91. The number of aryl methyl sites for hydroxylation is 1. The number of carbonyl (C=O) groups is 2. The summed E-state index contributed by atoms with van der Waals surface area (Å²) in [5.74, 6) is -0.0500. The molecule has 2 aromatic rings. The minimum Gasteiger partial charge on any atom is -0.394 e. The number of hydrogen-bond donors (Lipinski definition) is 3. The lowest BCUT2D eigenvalue weighted by atomic mass is 9.92. The van der Waals surface area contributed by atoms with Crippen molar-refractivity contribution in [2.24, 2.45) is 5.41 Å². The SMILES string of the molecule is Cc1ccc(CC(=O)C2(C)CC2)cc1-c1ccc(C(=O)NC(C)(CO)CO)cc1. The normalized spacial score (nSPS) is 15.1. The summed E-state index contributed by atoms with van der Waals surface area (Å²) >= 11 is 0. The Morgan fingerprint density at radius 1 is 1.07 bits per heavy atom. The number of carbonyl (C=O) groups excluding carboxylic acids is 2. The molecule has 5 nitrogen and oxygen atoms in total. The van der Waals surface area contributed by atoms with Crippen LogP contribution < -0.4 is 5.32 Å². The molecule has 0 radical (unpaired) electrons. The Morgan fingerprint density at radius 3 is 2.24 bits per heavy atom. The topological polar surface area (TPSA) is 86.6 Å². The largest absolute Gasteiger partial charge is 0.394 e. The van der Waals surface area contributed by atoms with Gasteiger partial charge in [-0.1, -0.05) is 37.3 Å². The van der Waals surface area contributed by atoms with Gasteiger partial charge in [-0.2, -0.15) is 0 Å². The van der Waals surface area contributed by atoms with Crippen molar-refractivity contribution in [3.05, 3.63) is 59.2 Å². The number of benzene rings is 2. The number of ketones is 1. The molecule has 29 heavy (non-hydrogen) atoms. The van der Waals surface area contributed by atoms with Crippen LogP contribution in [0.4, 0.5) is 0 Å². The van der Waals surface area contributed by atoms with E-state index >= 15 is 0 Å². The van der Waals surface area contributed by atoms with Gasteiger partial charge in [-0.3, -0.25) is 9.59 Å². The van der Waals surface area contributed by atoms with E-state index in [0.717, 1.165) is 35.1 Å². The third-order valence-electron chi connectivity index (χ3n) is 5.91. The van der Waals surface area contributed by atoms with Crippen molar-refractivity contribution in [1.29, 1.82) is 0 Å². The lowest BCUT2D eigenvalue weighted by molar-refractivity contribution is -0.122. The first-order valence-corrected chi connectivity index (χ1v) is 9.97. The lowest BCUT2D eigenvalue weighted by Crippen LogP contribution is -2.51. The number of Topliss-reactive ketones (excluding diaryl/α,β-unsaturated/α-hetero) is 1. The van der Waals surface area contributed by atoms with Crippen molar-refractivity contribution in [3.63, 3.8) is 0 Å². The van der Waals surface area contributed by atoms with E-state index in [1.807, 2.05) is 38.1 Å². The average molecular weight is 395 g/mol. The first kappa shape index (κ1) is 21.2. The second kappa shape index (κ2) is 8.09. The Hall–Kier alpha value is -2.50. The molecular formula is C24H29NO4. The van der Waals surface area contributed by atoms with Gasteiger partial charge in [0.2, 0.25) is 0 Å². The summed E-state index contributed by atoms with van der Waals surface area (Å²) in [4.78, 5) is 24.8. The van der Waals surface area contributed by atoms with Crippen LogP contribution in [0.3, 0.4) is 0 Å². The van der Waals surface area contributed by atoms with Gasteiger partial charge in [0.25, 0.3) is 5.91 Å². The second-order valence-electron chi connectivity index (χ2n) is 8.72. The zero-order valence-corrected chi connectivity index (χ0v) is 17.3. The molecule has 0 aromatic heterocycles. The van der Waals surface area contributed by atoms with Gasteiger partial charge in [0.05, 0.1) is 18.8 Å². The van der Waals surface area contributed by atoms with Crippen LogP contribution >= 0.6 is 0 Å². The van der Waals surface area contributed by atoms with E-state index in [0.29, 0.717) is 17.8 Å². The van der Waals surface area contributed by atoms with E-state index in [1.165, 1.54) is 0 Å². The van der Waals surface area contributed by atoms with Crippen LogP contribution in [-0.4, -0.2) is 40.7 Å². The van der Waals surface area contributed by atoms with Crippen molar-refractivity contribution >= 4 is 11.7 Å². The highest BCUT2D eigenvalue weighted by Crippen LogP contribution is 2.46. The van der Waals surface area contributed by atoms with Crippen LogP contribution in [0, 0.1) is 12.3 Å².